The lowest BCUT2D eigenvalue weighted by molar-refractivity contribution is -0.159. The minimum Gasteiger partial charge on any atom is -0.459 e. The van der Waals surface area contributed by atoms with Crippen molar-refractivity contribution in [2.45, 2.75) is 83.8 Å². The number of ether oxygens (including phenoxy) is 1. The molecule has 122 valence electrons. The lowest BCUT2D eigenvalue weighted by atomic mass is 9.99. The van der Waals surface area contributed by atoms with E-state index in [-0.39, 0.29) is 11.9 Å². The van der Waals surface area contributed by atoms with Gasteiger partial charge in [-0.3, -0.25) is 14.9 Å². The average molecular weight is 298 g/mol. The Hall–Kier alpha value is -1.10. The van der Waals surface area contributed by atoms with Gasteiger partial charge >= 0.3 is 5.97 Å². The molecule has 1 heterocycles. The summed E-state index contributed by atoms with van der Waals surface area (Å²) < 4.78 is 5.56. The third kappa shape index (κ3) is 8.05. The molecule has 0 aromatic heterocycles. The number of hydrogen-bond donors (Lipinski definition) is 2. The molecule has 1 atom stereocenters. The zero-order valence-corrected chi connectivity index (χ0v) is 13.7. The van der Waals surface area contributed by atoms with Crippen molar-refractivity contribution in [3.8, 4) is 0 Å². The van der Waals surface area contributed by atoms with Crippen molar-refractivity contribution >= 4 is 11.9 Å². The Morgan fingerprint density at radius 1 is 1.05 bits per heavy atom. The number of nitrogens with one attached hydrogen (secondary N) is 2. The van der Waals surface area contributed by atoms with Crippen LogP contribution in [0.15, 0.2) is 0 Å². The molecule has 0 aromatic carbocycles. The van der Waals surface area contributed by atoms with E-state index in [1.54, 1.807) is 6.92 Å². The molecule has 5 nitrogen and oxygen atoms in total. The summed E-state index contributed by atoms with van der Waals surface area (Å²) in [4.78, 5) is 23.6. The topological polar surface area (TPSA) is 67.4 Å². The highest BCUT2D eigenvalue weighted by atomic mass is 16.6. The number of carbonyl (C=O) groups is 2. The monoisotopic (exact) mass is 298 g/mol. The van der Waals surface area contributed by atoms with Crippen LogP contribution in [0.5, 0.6) is 0 Å². The summed E-state index contributed by atoms with van der Waals surface area (Å²) in [6.07, 6.45) is 8.08. The van der Waals surface area contributed by atoms with Crippen molar-refractivity contribution in [3.63, 3.8) is 0 Å². The van der Waals surface area contributed by atoms with Gasteiger partial charge in [-0.15, -0.1) is 0 Å². The molecule has 1 amide bonds. The Morgan fingerprint density at radius 2 is 1.67 bits per heavy atom. The van der Waals surface area contributed by atoms with E-state index >= 15 is 0 Å². The van der Waals surface area contributed by atoms with Gasteiger partial charge in [0.15, 0.2) is 0 Å². The van der Waals surface area contributed by atoms with E-state index in [2.05, 4.69) is 10.6 Å². The molecule has 1 aliphatic heterocycles. The van der Waals surface area contributed by atoms with Gasteiger partial charge in [0.25, 0.3) is 0 Å². The lowest BCUT2D eigenvalue weighted by Crippen LogP contribution is -2.44. The predicted octanol–water partition coefficient (Wildman–Crippen LogP) is 2.49. The minimum atomic E-state index is -0.423. The van der Waals surface area contributed by atoms with Crippen molar-refractivity contribution in [1.29, 1.82) is 0 Å². The maximum Gasteiger partial charge on any atom is 0.323 e. The van der Waals surface area contributed by atoms with Gasteiger partial charge < -0.3 is 10.1 Å². The Kier molecular flexibility index (Phi) is 7.72. The predicted molar refractivity (Wildman–Crippen MR) is 82.7 cm³/mol. The molecular weight excluding hydrogens is 268 g/mol. The van der Waals surface area contributed by atoms with E-state index in [1.807, 2.05) is 13.8 Å². The van der Waals surface area contributed by atoms with Crippen LogP contribution in [-0.4, -0.2) is 30.2 Å². The van der Waals surface area contributed by atoms with E-state index in [4.69, 9.17) is 4.74 Å². The van der Waals surface area contributed by atoms with Gasteiger partial charge in [0.2, 0.25) is 5.91 Å². The number of carbonyl (C=O) groups excluding carboxylic acids is 2. The van der Waals surface area contributed by atoms with E-state index in [9.17, 15) is 9.59 Å². The Morgan fingerprint density at radius 3 is 2.38 bits per heavy atom. The molecule has 0 aliphatic carbocycles. The second-order valence-corrected chi connectivity index (χ2v) is 6.50. The molecule has 1 aliphatic rings. The van der Waals surface area contributed by atoms with Crippen molar-refractivity contribution in [2.24, 2.45) is 0 Å². The normalized spacial score (nSPS) is 26.7. The summed E-state index contributed by atoms with van der Waals surface area (Å²) >= 11 is 0. The lowest BCUT2D eigenvalue weighted by Gasteiger charge is -2.27. The van der Waals surface area contributed by atoms with Crippen LogP contribution in [0.3, 0.4) is 0 Å². The second kappa shape index (κ2) is 9.03. The largest absolute Gasteiger partial charge is 0.459 e. The fourth-order valence-corrected chi connectivity index (χ4v) is 2.43. The highest BCUT2D eigenvalue weighted by Crippen LogP contribution is 2.20. The number of cyclic esters (lactones) is 1. The summed E-state index contributed by atoms with van der Waals surface area (Å²) in [6, 6.07) is -0.419. The van der Waals surface area contributed by atoms with Crippen LogP contribution in [0.25, 0.3) is 0 Å². The maximum atomic E-state index is 12.0. The van der Waals surface area contributed by atoms with Crippen molar-refractivity contribution in [2.75, 3.05) is 6.67 Å². The van der Waals surface area contributed by atoms with Crippen molar-refractivity contribution < 1.29 is 14.3 Å². The van der Waals surface area contributed by atoms with Gasteiger partial charge in [-0.25, -0.2) is 0 Å². The summed E-state index contributed by atoms with van der Waals surface area (Å²) in [6.45, 7) is 5.98. The molecule has 1 rings (SSSR count). The highest BCUT2D eigenvalue weighted by Gasteiger charge is 2.25. The SMILES string of the molecule is CC1NCNC(=O)CCCCCCCCC(C)(C)OC1=O. The summed E-state index contributed by atoms with van der Waals surface area (Å²) in [5.74, 6) is -0.225. The zero-order valence-electron chi connectivity index (χ0n) is 13.7. The van der Waals surface area contributed by atoms with Gasteiger partial charge in [0, 0.05) is 6.42 Å². The van der Waals surface area contributed by atoms with Crippen LogP contribution < -0.4 is 10.6 Å². The molecule has 1 fully saturated rings. The van der Waals surface area contributed by atoms with Crippen LogP contribution in [0, 0.1) is 0 Å². The quantitative estimate of drug-likeness (QED) is 0.674. The van der Waals surface area contributed by atoms with Crippen molar-refractivity contribution in [1.82, 2.24) is 10.6 Å². The highest BCUT2D eigenvalue weighted by molar-refractivity contribution is 5.77. The first-order valence-corrected chi connectivity index (χ1v) is 8.14. The standard InChI is InChI=1S/C16H30N2O3/c1-13-15(20)21-16(2,3)11-9-7-5-4-6-8-10-14(19)18-12-17-13/h13,17H,4-12H2,1-3H3,(H,18,19). The molecular formula is C16H30N2O3. The van der Waals surface area contributed by atoms with Gasteiger partial charge in [0.1, 0.15) is 11.6 Å². The van der Waals surface area contributed by atoms with Gasteiger partial charge in [0.05, 0.1) is 6.67 Å². The Balaban J connectivity index is 2.51. The summed E-state index contributed by atoms with van der Waals surface area (Å²) in [7, 11) is 0. The summed E-state index contributed by atoms with van der Waals surface area (Å²) in [5.41, 5.74) is -0.423. The molecule has 1 unspecified atom stereocenters. The first-order chi connectivity index (χ1) is 9.91. The molecule has 0 spiro atoms. The number of esters is 1. The second-order valence-electron chi connectivity index (χ2n) is 6.50. The van der Waals surface area contributed by atoms with Gasteiger partial charge in [-0.1, -0.05) is 25.7 Å². The van der Waals surface area contributed by atoms with Crippen LogP contribution in [0.4, 0.5) is 0 Å². The number of hydrogen-bond acceptors (Lipinski definition) is 4. The van der Waals surface area contributed by atoms with Crippen LogP contribution in [0.2, 0.25) is 0 Å². The van der Waals surface area contributed by atoms with Gasteiger partial charge in [-0.2, -0.15) is 0 Å². The molecule has 1 saturated heterocycles. The first-order valence-electron chi connectivity index (χ1n) is 8.14. The molecule has 0 saturated carbocycles. The summed E-state index contributed by atoms with van der Waals surface area (Å²) in [5, 5.41) is 5.75. The molecule has 0 bridgehead atoms. The maximum absolute atomic E-state index is 12.0. The Bertz CT molecular complexity index is 342. The van der Waals surface area contributed by atoms with E-state index in [1.165, 1.54) is 12.8 Å². The molecule has 21 heavy (non-hydrogen) atoms. The van der Waals surface area contributed by atoms with Crippen LogP contribution >= 0.6 is 0 Å². The number of amides is 1. The fourth-order valence-electron chi connectivity index (χ4n) is 2.43. The minimum absolute atomic E-state index is 0.0375. The first kappa shape index (κ1) is 18.0. The molecule has 5 heteroatoms. The molecule has 0 aromatic rings. The van der Waals surface area contributed by atoms with Crippen molar-refractivity contribution in [3.05, 3.63) is 0 Å². The smallest absolute Gasteiger partial charge is 0.323 e. The van der Waals surface area contributed by atoms with E-state index in [0.717, 1.165) is 32.1 Å². The van der Waals surface area contributed by atoms with Gasteiger partial charge in [-0.05, 0) is 40.0 Å². The van der Waals surface area contributed by atoms with E-state index < -0.39 is 11.6 Å². The molecule has 0 radical (unpaired) electrons. The third-order valence-electron chi connectivity index (χ3n) is 3.86. The fraction of sp³-hybridized carbons (Fsp3) is 0.875. The Labute approximate surface area is 128 Å². The zero-order chi connectivity index (χ0) is 15.7. The third-order valence-corrected chi connectivity index (χ3v) is 3.86. The average Bonchev–Trinajstić information content (AvgIpc) is 2.40. The van der Waals surface area contributed by atoms with Crippen LogP contribution in [-0.2, 0) is 14.3 Å². The van der Waals surface area contributed by atoms with E-state index in [0.29, 0.717) is 13.1 Å². The number of rotatable bonds is 0. The van der Waals surface area contributed by atoms with Crippen LogP contribution in [0.1, 0.15) is 72.1 Å². The molecule has 2 N–H and O–H groups in total.